The summed E-state index contributed by atoms with van der Waals surface area (Å²) in [6.45, 7) is 3.19. The summed E-state index contributed by atoms with van der Waals surface area (Å²) in [6, 6.07) is 7.00. The van der Waals surface area contributed by atoms with Crippen LogP contribution in [0.4, 0.5) is 0 Å². The minimum Gasteiger partial charge on any atom is -0.352 e. The molecule has 0 atom stereocenters. The first-order valence-electron chi connectivity index (χ1n) is 8.43. The second-order valence-electron chi connectivity index (χ2n) is 6.18. The number of hydrogen-bond donors (Lipinski definition) is 3. The van der Waals surface area contributed by atoms with Crippen LogP contribution in [-0.4, -0.2) is 32.5 Å². The molecule has 1 aromatic heterocycles. The van der Waals surface area contributed by atoms with Crippen LogP contribution in [0.15, 0.2) is 40.4 Å². The Labute approximate surface area is 158 Å². The molecule has 1 aromatic carbocycles. The lowest BCUT2D eigenvalue weighted by molar-refractivity contribution is 0.581. The molecule has 3 rings (SSSR count). The Hall–Kier alpha value is -1.97. The standard InChI is InChI=1S/C17H23N5O2S2/c1-12-9-19-16(25-12)11-21-17(18-2)20-10-13-3-7-15(8-4-13)26(23,24)22-14-5-6-14/h3-4,7-9,14,22H,5-6,10-11H2,1-2H3,(H2,18,20,21). The van der Waals surface area contributed by atoms with Crippen LogP contribution in [0.1, 0.15) is 28.3 Å². The third kappa shape index (κ3) is 5.26. The predicted molar refractivity (Wildman–Crippen MR) is 104 cm³/mol. The lowest BCUT2D eigenvalue weighted by atomic mass is 10.2. The quantitative estimate of drug-likeness (QED) is 0.492. The lowest BCUT2D eigenvalue weighted by Crippen LogP contribution is -2.36. The molecule has 0 unspecified atom stereocenters. The molecule has 3 N–H and O–H groups in total. The molecule has 1 saturated carbocycles. The normalized spacial score (nSPS) is 15.1. The van der Waals surface area contributed by atoms with Crippen LogP contribution >= 0.6 is 11.3 Å². The van der Waals surface area contributed by atoms with Gasteiger partial charge in [-0.05, 0) is 37.5 Å². The van der Waals surface area contributed by atoms with Gasteiger partial charge in [-0.25, -0.2) is 18.1 Å². The largest absolute Gasteiger partial charge is 0.352 e. The summed E-state index contributed by atoms with van der Waals surface area (Å²) in [4.78, 5) is 9.97. The third-order valence-corrected chi connectivity index (χ3v) is 6.34. The second-order valence-corrected chi connectivity index (χ2v) is 9.22. The highest BCUT2D eigenvalue weighted by Crippen LogP contribution is 2.22. The summed E-state index contributed by atoms with van der Waals surface area (Å²) < 4.78 is 27.0. The van der Waals surface area contributed by atoms with Crippen molar-refractivity contribution in [2.75, 3.05) is 7.05 Å². The summed E-state index contributed by atoms with van der Waals surface area (Å²) in [5, 5.41) is 7.43. The summed E-state index contributed by atoms with van der Waals surface area (Å²) in [5.41, 5.74) is 0.975. The molecule has 7 nitrogen and oxygen atoms in total. The fraction of sp³-hybridized carbons (Fsp3) is 0.412. The molecular formula is C17H23N5O2S2. The van der Waals surface area contributed by atoms with Gasteiger partial charge in [0.2, 0.25) is 10.0 Å². The first-order valence-corrected chi connectivity index (χ1v) is 10.7. The number of guanidine groups is 1. The number of aryl methyl sites for hydroxylation is 1. The van der Waals surface area contributed by atoms with Crippen molar-refractivity contribution in [2.45, 2.75) is 43.8 Å². The molecule has 0 aliphatic heterocycles. The predicted octanol–water partition coefficient (Wildman–Crippen LogP) is 1.76. The van der Waals surface area contributed by atoms with Crippen molar-refractivity contribution in [2.24, 2.45) is 4.99 Å². The SMILES string of the molecule is CN=C(NCc1ccc(S(=O)(=O)NC2CC2)cc1)NCc1ncc(C)s1. The van der Waals surface area contributed by atoms with Crippen LogP contribution in [0.3, 0.4) is 0 Å². The van der Waals surface area contributed by atoms with E-state index in [-0.39, 0.29) is 6.04 Å². The highest BCUT2D eigenvalue weighted by atomic mass is 32.2. The van der Waals surface area contributed by atoms with Gasteiger partial charge in [0.25, 0.3) is 0 Å². The number of aromatic nitrogens is 1. The van der Waals surface area contributed by atoms with E-state index >= 15 is 0 Å². The molecule has 0 spiro atoms. The Morgan fingerprint density at radius 2 is 1.92 bits per heavy atom. The summed E-state index contributed by atoms with van der Waals surface area (Å²) in [5.74, 6) is 0.671. The molecule has 2 aromatic rings. The van der Waals surface area contributed by atoms with Gasteiger partial charge in [0.15, 0.2) is 5.96 Å². The zero-order valence-corrected chi connectivity index (χ0v) is 16.5. The van der Waals surface area contributed by atoms with Crippen molar-refractivity contribution in [3.05, 3.63) is 45.9 Å². The number of nitrogens with one attached hydrogen (secondary N) is 3. The van der Waals surface area contributed by atoms with E-state index in [1.165, 1.54) is 4.88 Å². The number of aliphatic imine (C=N–C) groups is 1. The topological polar surface area (TPSA) is 95.5 Å². The number of thiazole rings is 1. The molecule has 1 aliphatic carbocycles. The molecule has 0 radical (unpaired) electrons. The first kappa shape index (κ1) is 18.8. The number of hydrogen-bond acceptors (Lipinski definition) is 5. The maximum Gasteiger partial charge on any atom is 0.240 e. The maximum atomic E-state index is 12.2. The number of nitrogens with zero attached hydrogens (tertiary/aromatic N) is 2. The molecule has 9 heteroatoms. The zero-order chi connectivity index (χ0) is 18.6. The molecule has 1 heterocycles. The average Bonchev–Trinajstić information content (AvgIpc) is 3.33. The Morgan fingerprint density at radius 3 is 2.50 bits per heavy atom. The first-order chi connectivity index (χ1) is 12.5. The van der Waals surface area contributed by atoms with Crippen molar-refractivity contribution in [3.8, 4) is 0 Å². The van der Waals surface area contributed by atoms with Gasteiger partial charge in [-0.2, -0.15) is 0 Å². The fourth-order valence-corrected chi connectivity index (χ4v) is 4.36. The van der Waals surface area contributed by atoms with Crippen LogP contribution < -0.4 is 15.4 Å². The highest BCUT2D eigenvalue weighted by molar-refractivity contribution is 7.89. The molecule has 0 amide bonds. The van der Waals surface area contributed by atoms with Crippen molar-refractivity contribution in [3.63, 3.8) is 0 Å². The van der Waals surface area contributed by atoms with Crippen LogP contribution in [-0.2, 0) is 23.1 Å². The Kier molecular flexibility index (Phi) is 5.90. The van der Waals surface area contributed by atoms with Crippen LogP contribution in [0.5, 0.6) is 0 Å². The van der Waals surface area contributed by atoms with Crippen molar-refractivity contribution < 1.29 is 8.42 Å². The summed E-state index contributed by atoms with van der Waals surface area (Å²) >= 11 is 1.65. The van der Waals surface area contributed by atoms with Gasteiger partial charge < -0.3 is 10.6 Å². The lowest BCUT2D eigenvalue weighted by Gasteiger charge is -2.11. The molecule has 0 bridgehead atoms. The smallest absolute Gasteiger partial charge is 0.240 e. The van der Waals surface area contributed by atoms with Gasteiger partial charge in [0.05, 0.1) is 11.4 Å². The number of rotatable bonds is 7. The van der Waals surface area contributed by atoms with E-state index in [2.05, 4.69) is 25.3 Å². The highest BCUT2D eigenvalue weighted by Gasteiger charge is 2.27. The summed E-state index contributed by atoms with van der Waals surface area (Å²) in [6.07, 6.45) is 3.70. The zero-order valence-electron chi connectivity index (χ0n) is 14.8. The van der Waals surface area contributed by atoms with Gasteiger partial charge in [-0.3, -0.25) is 4.99 Å². The van der Waals surface area contributed by atoms with Crippen molar-refractivity contribution >= 4 is 27.3 Å². The Morgan fingerprint density at radius 1 is 1.23 bits per heavy atom. The van der Waals surface area contributed by atoms with E-state index in [1.807, 2.05) is 25.3 Å². The maximum absolute atomic E-state index is 12.2. The van der Waals surface area contributed by atoms with E-state index in [0.29, 0.717) is 23.9 Å². The molecular weight excluding hydrogens is 370 g/mol. The van der Waals surface area contributed by atoms with Crippen molar-refractivity contribution in [1.29, 1.82) is 0 Å². The summed E-state index contributed by atoms with van der Waals surface area (Å²) in [7, 11) is -1.69. The molecule has 0 saturated heterocycles. The van der Waals surface area contributed by atoms with Gasteiger partial charge in [0.1, 0.15) is 5.01 Å². The molecule has 1 aliphatic rings. The Bertz CT molecular complexity index is 871. The second kappa shape index (κ2) is 8.15. The van der Waals surface area contributed by atoms with E-state index in [4.69, 9.17) is 0 Å². The third-order valence-electron chi connectivity index (χ3n) is 3.89. The molecule has 140 valence electrons. The van der Waals surface area contributed by atoms with E-state index in [0.717, 1.165) is 23.4 Å². The van der Waals surface area contributed by atoms with Crippen LogP contribution in [0.25, 0.3) is 0 Å². The number of sulfonamides is 1. The molecule has 26 heavy (non-hydrogen) atoms. The minimum atomic E-state index is -3.40. The minimum absolute atomic E-state index is 0.109. The van der Waals surface area contributed by atoms with Gasteiger partial charge in [0, 0.05) is 30.7 Å². The van der Waals surface area contributed by atoms with E-state index in [9.17, 15) is 8.42 Å². The van der Waals surface area contributed by atoms with Crippen molar-refractivity contribution in [1.82, 2.24) is 20.3 Å². The Balaban J connectivity index is 1.51. The van der Waals surface area contributed by atoms with Gasteiger partial charge >= 0.3 is 0 Å². The van der Waals surface area contributed by atoms with Crippen LogP contribution in [0.2, 0.25) is 0 Å². The van der Waals surface area contributed by atoms with E-state index in [1.54, 1.807) is 30.5 Å². The van der Waals surface area contributed by atoms with Gasteiger partial charge in [-0.15, -0.1) is 11.3 Å². The monoisotopic (exact) mass is 393 g/mol. The van der Waals surface area contributed by atoms with Crippen LogP contribution in [0, 0.1) is 6.92 Å². The number of benzene rings is 1. The fourth-order valence-electron chi connectivity index (χ4n) is 2.32. The van der Waals surface area contributed by atoms with E-state index < -0.39 is 10.0 Å². The average molecular weight is 394 g/mol. The van der Waals surface area contributed by atoms with Gasteiger partial charge in [-0.1, -0.05) is 12.1 Å². The molecule has 1 fully saturated rings.